The van der Waals surface area contributed by atoms with Crippen LogP contribution >= 0.6 is 23.4 Å². The van der Waals surface area contributed by atoms with Crippen LogP contribution in [0.3, 0.4) is 0 Å². The second kappa shape index (κ2) is 10.7. The van der Waals surface area contributed by atoms with Gasteiger partial charge in [-0.15, -0.1) is 0 Å². The van der Waals surface area contributed by atoms with Crippen LogP contribution in [0.5, 0.6) is 0 Å². The summed E-state index contributed by atoms with van der Waals surface area (Å²) in [6.07, 6.45) is 7.27. The number of carbonyl (C=O) groups is 1. The number of nitrogens with zero attached hydrogens (tertiary/aromatic N) is 5. The van der Waals surface area contributed by atoms with E-state index in [9.17, 15) is 9.90 Å². The topological polar surface area (TPSA) is 101 Å². The molecular weight excluding hydrogens is 502 g/mol. The van der Waals surface area contributed by atoms with Crippen LogP contribution in [0.25, 0.3) is 0 Å². The average Bonchev–Trinajstić information content (AvgIpc) is 3.52. The normalized spacial score (nSPS) is 23.4. The standard InChI is InChI=1S/C25H32ClN5O4S/c1-16-14-35-15-25(16)6-10-30(11-7-25)23-21(24(33)34-2)29-19(12-28-23)36-18-5-8-27-22(20(18)26)31-9-3-4-17(31)13-32/h5,8,12,16-17,32H,3-4,6-7,9-11,13-15H2,1-2H3/t16-,17?/m1/s1. The zero-order valence-electron chi connectivity index (χ0n) is 20.7. The summed E-state index contributed by atoms with van der Waals surface area (Å²) < 4.78 is 10.8. The van der Waals surface area contributed by atoms with Gasteiger partial charge in [0.25, 0.3) is 0 Å². The number of carbonyl (C=O) groups excluding carboxylic acids is 1. The van der Waals surface area contributed by atoms with Crippen molar-refractivity contribution >= 4 is 41.0 Å². The Balaban J connectivity index is 1.38. The lowest BCUT2D eigenvalue weighted by Crippen LogP contribution is -2.44. The molecule has 1 N–H and O–H groups in total. The minimum absolute atomic E-state index is 0.0164. The Morgan fingerprint density at radius 3 is 2.81 bits per heavy atom. The molecule has 36 heavy (non-hydrogen) atoms. The van der Waals surface area contributed by atoms with E-state index in [2.05, 4.69) is 31.7 Å². The molecule has 3 saturated heterocycles. The smallest absolute Gasteiger partial charge is 0.360 e. The Hall–Kier alpha value is -2.14. The first kappa shape index (κ1) is 25.5. The first-order chi connectivity index (χ1) is 17.5. The number of piperidine rings is 1. The van der Waals surface area contributed by atoms with E-state index in [1.54, 1.807) is 12.4 Å². The number of aromatic nitrogens is 3. The molecule has 5 rings (SSSR count). The number of methoxy groups -OCH3 is 1. The number of pyridine rings is 1. The molecule has 2 aromatic rings. The Bertz CT molecular complexity index is 1110. The third-order valence-corrected chi connectivity index (χ3v) is 9.33. The predicted molar refractivity (Wildman–Crippen MR) is 138 cm³/mol. The van der Waals surface area contributed by atoms with Gasteiger partial charge in [-0.05, 0) is 37.7 Å². The third-order valence-electron chi connectivity index (χ3n) is 7.88. The molecule has 194 valence electrons. The van der Waals surface area contributed by atoms with Gasteiger partial charge in [0.1, 0.15) is 10.8 Å². The van der Waals surface area contributed by atoms with Crippen molar-refractivity contribution in [1.29, 1.82) is 0 Å². The lowest BCUT2D eigenvalue weighted by atomic mass is 9.72. The molecule has 0 saturated carbocycles. The number of hydrogen-bond donors (Lipinski definition) is 1. The molecular formula is C25H32ClN5O4S. The van der Waals surface area contributed by atoms with Gasteiger partial charge in [0.15, 0.2) is 11.5 Å². The molecule has 9 nitrogen and oxygen atoms in total. The van der Waals surface area contributed by atoms with Gasteiger partial charge in [-0.2, -0.15) is 0 Å². The minimum Gasteiger partial charge on any atom is -0.464 e. The maximum Gasteiger partial charge on any atom is 0.360 e. The monoisotopic (exact) mass is 533 g/mol. The van der Waals surface area contributed by atoms with Crippen molar-refractivity contribution in [3.05, 3.63) is 29.2 Å². The summed E-state index contributed by atoms with van der Waals surface area (Å²) >= 11 is 8.08. The van der Waals surface area contributed by atoms with Crippen molar-refractivity contribution in [2.75, 3.05) is 56.4 Å². The van der Waals surface area contributed by atoms with Crippen molar-refractivity contribution in [1.82, 2.24) is 15.0 Å². The van der Waals surface area contributed by atoms with E-state index in [4.69, 9.17) is 21.1 Å². The van der Waals surface area contributed by atoms with E-state index < -0.39 is 5.97 Å². The van der Waals surface area contributed by atoms with Gasteiger partial charge in [0, 0.05) is 42.7 Å². The second-order valence-electron chi connectivity index (χ2n) is 9.86. The number of anilines is 2. The van der Waals surface area contributed by atoms with Crippen molar-refractivity contribution in [3.63, 3.8) is 0 Å². The lowest BCUT2D eigenvalue weighted by Gasteiger charge is -2.41. The summed E-state index contributed by atoms with van der Waals surface area (Å²) in [7, 11) is 1.36. The van der Waals surface area contributed by atoms with Crippen LogP contribution < -0.4 is 9.80 Å². The first-order valence-corrected chi connectivity index (χ1v) is 13.6. The van der Waals surface area contributed by atoms with Crippen molar-refractivity contribution in [2.24, 2.45) is 11.3 Å². The first-order valence-electron chi connectivity index (χ1n) is 12.4. The summed E-state index contributed by atoms with van der Waals surface area (Å²) in [6, 6.07) is 1.84. The quantitative estimate of drug-likeness (QED) is 0.553. The molecule has 1 spiro atoms. The lowest BCUT2D eigenvalue weighted by molar-refractivity contribution is 0.0593. The van der Waals surface area contributed by atoms with E-state index in [0.717, 1.165) is 63.4 Å². The molecule has 0 radical (unpaired) electrons. The van der Waals surface area contributed by atoms with Crippen LogP contribution in [0.15, 0.2) is 28.4 Å². The number of rotatable bonds is 6. The van der Waals surface area contributed by atoms with Gasteiger partial charge < -0.3 is 24.4 Å². The molecule has 5 heterocycles. The Morgan fingerprint density at radius 1 is 1.31 bits per heavy atom. The van der Waals surface area contributed by atoms with Gasteiger partial charge in [0.05, 0.1) is 37.6 Å². The van der Waals surface area contributed by atoms with Gasteiger partial charge in [-0.3, -0.25) is 0 Å². The van der Waals surface area contributed by atoms with Crippen LogP contribution in [0, 0.1) is 11.3 Å². The number of aliphatic hydroxyl groups is 1. The van der Waals surface area contributed by atoms with E-state index in [-0.39, 0.29) is 23.8 Å². The van der Waals surface area contributed by atoms with Crippen LogP contribution in [-0.4, -0.2) is 78.6 Å². The summed E-state index contributed by atoms with van der Waals surface area (Å²) in [4.78, 5) is 31.4. The van der Waals surface area contributed by atoms with Crippen molar-refractivity contribution < 1.29 is 19.4 Å². The number of hydrogen-bond acceptors (Lipinski definition) is 10. The van der Waals surface area contributed by atoms with Crippen molar-refractivity contribution in [3.8, 4) is 0 Å². The van der Waals surface area contributed by atoms with E-state index in [1.165, 1.54) is 18.9 Å². The molecule has 3 aliphatic heterocycles. The van der Waals surface area contributed by atoms with Crippen LogP contribution in [0.4, 0.5) is 11.6 Å². The Kier molecular flexibility index (Phi) is 7.57. The Labute approximate surface area is 220 Å². The van der Waals surface area contributed by atoms with Crippen LogP contribution in [0.1, 0.15) is 43.1 Å². The molecule has 0 aromatic carbocycles. The number of ether oxygens (including phenoxy) is 2. The summed E-state index contributed by atoms with van der Waals surface area (Å²) in [5.41, 5.74) is 0.421. The highest BCUT2D eigenvalue weighted by Crippen LogP contribution is 2.44. The average molecular weight is 534 g/mol. The number of aliphatic hydroxyl groups excluding tert-OH is 1. The van der Waals surface area contributed by atoms with Gasteiger partial charge in [-0.25, -0.2) is 19.7 Å². The highest BCUT2D eigenvalue weighted by atomic mass is 35.5. The van der Waals surface area contributed by atoms with Gasteiger partial charge in [0.2, 0.25) is 0 Å². The zero-order chi connectivity index (χ0) is 25.3. The second-order valence-corrected chi connectivity index (χ2v) is 11.3. The molecule has 2 aromatic heterocycles. The maximum atomic E-state index is 12.7. The maximum absolute atomic E-state index is 12.7. The van der Waals surface area contributed by atoms with Crippen LogP contribution in [-0.2, 0) is 9.47 Å². The largest absolute Gasteiger partial charge is 0.464 e. The summed E-state index contributed by atoms with van der Waals surface area (Å²) in [6.45, 7) is 6.33. The molecule has 3 fully saturated rings. The molecule has 2 atom stereocenters. The van der Waals surface area contributed by atoms with Crippen molar-refractivity contribution in [2.45, 2.75) is 48.6 Å². The highest BCUT2D eigenvalue weighted by molar-refractivity contribution is 7.99. The fourth-order valence-corrected chi connectivity index (χ4v) is 6.66. The van der Waals surface area contributed by atoms with E-state index in [1.807, 2.05) is 6.07 Å². The van der Waals surface area contributed by atoms with E-state index >= 15 is 0 Å². The minimum atomic E-state index is -0.512. The molecule has 0 amide bonds. The zero-order valence-corrected chi connectivity index (χ0v) is 22.2. The molecule has 0 aliphatic carbocycles. The molecule has 1 unspecified atom stereocenters. The SMILES string of the molecule is COC(=O)c1nc(Sc2ccnc(N3CCCC3CO)c2Cl)cnc1N1CCC2(CC1)COC[C@H]2C. The number of halogens is 1. The Morgan fingerprint density at radius 2 is 2.11 bits per heavy atom. The fraction of sp³-hybridized carbons (Fsp3) is 0.600. The third kappa shape index (κ3) is 4.76. The predicted octanol–water partition coefficient (Wildman–Crippen LogP) is 3.68. The molecule has 11 heteroatoms. The highest BCUT2D eigenvalue weighted by Gasteiger charge is 2.44. The molecule has 3 aliphatic rings. The van der Waals surface area contributed by atoms with E-state index in [0.29, 0.717) is 27.6 Å². The van der Waals surface area contributed by atoms with Gasteiger partial charge >= 0.3 is 5.97 Å². The fourth-order valence-electron chi connectivity index (χ4n) is 5.55. The summed E-state index contributed by atoms with van der Waals surface area (Å²) in [5.74, 6) is 1.23. The number of esters is 1. The molecule has 0 bridgehead atoms. The van der Waals surface area contributed by atoms with Gasteiger partial charge in [-0.1, -0.05) is 30.3 Å². The summed E-state index contributed by atoms with van der Waals surface area (Å²) in [5, 5.41) is 10.8. The van der Waals surface area contributed by atoms with Crippen LogP contribution in [0.2, 0.25) is 5.02 Å².